The minimum Gasteiger partial charge on any atom is -0.496 e. The Hall–Kier alpha value is -2.80. The van der Waals surface area contributed by atoms with Crippen LogP contribution in [-0.2, 0) is 11.8 Å². The molecule has 4 rings (SSSR count). The Kier molecular flexibility index (Phi) is 6.38. The van der Waals surface area contributed by atoms with Crippen molar-refractivity contribution in [1.82, 2.24) is 19.7 Å². The molecule has 1 saturated heterocycles. The molecule has 1 aliphatic rings. The van der Waals surface area contributed by atoms with E-state index in [1.165, 1.54) is 18.2 Å². The van der Waals surface area contributed by atoms with Gasteiger partial charge in [0.1, 0.15) is 11.0 Å². The van der Waals surface area contributed by atoms with Crippen molar-refractivity contribution in [3.05, 3.63) is 60.2 Å². The van der Waals surface area contributed by atoms with E-state index >= 15 is 0 Å². The van der Waals surface area contributed by atoms with Gasteiger partial charge in [0.2, 0.25) is 5.91 Å². The smallest absolute Gasteiger partial charge is 0.240 e. The van der Waals surface area contributed by atoms with Crippen molar-refractivity contribution < 1.29 is 9.53 Å². The number of carbonyl (C=O) groups is 1. The van der Waals surface area contributed by atoms with Crippen molar-refractivity contribution >= 4 is 17.7 Å². The average molecular weight is 423 g/mol. The molecule has 1 fully saturated rings. The van der Waals surface area contributed by atoms with Crippen LogP contribution in [0.5, 0.6) is 5.75 Å². The summed E-state index contributed by atoms with van der Waals surface area (Å²) in [5.74, 6) is 1.61. The van der Waals surface area contributed by atoms with Crippen LogP contribution in [0.1, 0.15) is 30.1 Å². The zero-order valence-corrected chi connectivity index (χ0v) is 18.1. The number of thioether (sulfide) groups is 1. The molecule has 3 aromatic rings. The first-order chi connectivity index (χ1) is 14.7. The molecule has 2 heterocycles. The molecule has 1 atom stereocenters. The van der Waals surface area contributed by atoms with Crippen LogP contribution in [0.25, 0.3) is 11.4 Å². The predicted molar refractivity (Wildman–Crippen MR) is 118 cm³/mol. The molecular formula is C23H26N4O2S. The Morgan fingerprint density at radius 1 is 1.00 bits per heavy atom. The van der Waals surface area contributed by atoms with E-state index in [4.69, 9.17) is 4.74 Å². The van der Waals surface area contributed by atoms with Gasteiger partial charge in [0.05, 0.1) is 12.7 Å². The second kappa shape index (κ2) is 9.34. The number of benzene rings is 2. The molecule has 7 heteroatoms. The zero-order valence-electron chi connectivity index (χ0n) is 17.3. The van der Waals surface area contributed by atoms with E-state index in [0.717, 1.165) is 42.8 Å². The Labute approximate surface area is 181 Å². The maximum atomic E-state index is 13.4. The number of ether oxygens (including phenoxy) is 1. The van der Waals surface area contributed by atoms with Gasteiger partial charge in [-0.3, -0.25) is 4.79 Å². The second-order valence-corrected chi connectivity index (χ2v) is 8.43. The third-order valence-electron chi connectivity index (χ3n) is 5.40. The minimum absolute atomic E-state index is 0.146. The fourth-order valence-electron chi connectivity index (χ4n) is 3.76. The van der Waals surface area contributed by atoms with Gasteiger partial charge in [-0.2, -0.15) is 0 Å². The first-order valence-electron chi connectivity index (χ1n) is 10.2. The van der Waals surface area contributed by atoms with Crippen LogP contribution in [0, 0.1) is 0 Å². The lowest BCUT2D eigenvalue weighted by atomic mass is 10.1. The lowest BCUT2D eigenvalue weighted by Crippen LogP contribution is -2.38. The molecule has 1 unspecified atom stereocenters. The summed E-state index contributed by atoms with van der Waals surface area (Å²) in [6.07, 6.45) is 3.33. The number of methoxy groups -OCH3 is 1. The highest BCUT2D eigenvalue weighted by Crippen LogP contribution is 2.38. The van der Waals surface area contributed by atoms with Crippen LogP contribution >= 0.6 is 11.8 Å². The molecule has 0 saturated carbocycles. The van der Waals surface area contributed by atoms with E-state index in [2.05, 4.69) is 10.2 Å². The average Bonchev–Trinajstić information content (AvgIpc) is 3.18. The van der Waals surface area contributed by atoms with Crippen LogP contribution in [-0.4, -0.2) is 45.8 Å². The summed E-state index contributed by atoms with van der Waals surface area (Å²) >= 11 is 1.46. The maximum absolute atomic E-state index is 13.4. The number of amides is 1. The van der Waals surface area contributed by atoms with E-state index in [1.54, 1.807) is 7.11 Å². The van der Waals surface area contributed by atoms with Gasteiger partial charge >= 0.3 is 0 Å². The summed E-state index contributed by atoms with van der Waals surface area (Å²) in [6.45, 7) is 1.65. The minimum atomic E-state index is -0.349. The van der Waals surface area contributed by atoms with Crippen molar-refractivity contribution in [3.63, 3.8) is 0 Å². The van der Waals surface area contributed by atoms with E-state index in [9.17, 15) is 4.79 Å². The van der Waals surface area contributed by atoms with E-state index in [1.807, 2.05) is 71.1 Å². The third kappa shape index (κ3) is 4.21. The van der Waals surface area contributed by atoms with Crippen molar-refractivity contribution in [2.24, 2.45) is 7.05 Å². The van der Waals surface area contributed by atoms with Crippen LogP contribution in [0.3, 0.4) is 0 Å². The lowest BCUT2D eigenvalue weighted by Gasteiger charge is -2.30. The molecule has 0 bridgehead atoms. The highest BCUT2D eigenvalue weighted by molar-refractivity contribution is 8.00. The van der Waals surface area contributed by atoms with Gasteiger partial charge in [0.15, 0.2) is 11.0 Å². The molecule has 30 heavy (non-hydrogen) atoms. The number of hydrogen-bond donors (Lipinski definition) is 0. The Morgan fingerprint density at radius 2 is 1.70 bits per heavy atom. The predicted octanol–water partition coefficient (Wildman–Crippen LogP) is 4.34. The monoisotopic (exact) mass is 422 g/mol. The number of carbonyl (C=O) groups excluding carboxylic acids is 1. The van der Waals surface area contributed by atoms with Crippen molar-refractivity contribution in [2.75, 3.05) is 20.2 Å². The van der Waals surface area contributed by atoms with Crippen LogP contribution in [0.15, 0.2) is 59.8 Å². The normalized spacial score (nSPS) is 15.1. The molecule has 1 aliphatic heterocycles. The number of likely N-dealkylation sites (tertiary alicyclic amines) is 1. The van der Waals surface area contributed by atoms with E-state index in [-0.39, 0.29) is 11.2 Å². The largest absolute Gasteiger partial charge is 0.496 e. The van der Waals surface area contributed by atoms with Crippen molar-refractivity contribution in [3.8, 4) is 17.1 Å². The number of aromatic nitrogens is 3. The van der Waals surface area contributed by atoms with Gasteiger partial charge in [0.25, 0.3) is 0 Å². The third-order valence-corrected chi connectivity index (χ3v) is 6.68. The van der Waals surface area contributed by atoms with E-state index < -0.39 is 0 Å². The lowest BCUT2D eigenvalue weighted by molar-refractivity contribution is -0.131. The molecule has 1 amide bonds. The van der Waals surface area contributed by atoms with Crippen LogP contribution < -0.4 is 4.74 Å². The number of rotatable bonds is 6. The summed E-state index contributed by atoms with van der Waals surface area (Å²) in [5, 5.41) is 9.16. The molecule has 0 spiro atoms. The Balaban J connectivity index is 1.65. The molecule has 2 aromatic carbocycles. The van der Waals surface area contributed by atoms with Gasteiger partial charge in [-0.15, -0.1) is 10.2 Å². The summed E-state index contributed by atoms with van der Waals surface area (Å²) in [5.41, 5.74) is 1.86. The number of hydrogen-bond acceptors (Lipinski definition) is 5. The van der Waals surface area contributed by atoms with Crippen molar-refractivity contribution in [2.45, 2.75) is 29.7 Å². The maximum Gasteiger partial charge on any atom is 0.240 e. The fraction of sp³-hybridized carbons (Fsp3) is 0.348. The van der Waals surface area contributed by atoms with Gasteiger partial charge in [-0.1, -0.05) is 54.2 Å². The van der Waals surface area contributed by atoms with Gasteiger partial charge < -0.3 is 14.2 Å². The van der Waals surface area contributed by atoms with Crippen LogP contribution in [0.2, 0.25) is 0 Å². The summed E-state index contributed by atoms with van der Waals surface area (Å²) in [7, 11) is 3.57. The SMILES string of the molecule is COc1ccccc1-c1nnc(SC(C(=O)N2CCCCC2)c2ccccc2)n1C. The standard InChI is InChI=1S/C23H26N4O2S/c1-26-21(18-13-7-8-14-19(18)29-2)24-25-23(26)30-20(17-11-5-3-6-12-17)22(28)27-15-9-4-10-16-27/h3,5-8,11-14,20H,4,9-10,15-16H2,1-2H3. The van der Waals surface area contributed by atoms with Gasteiger partial charge in [0, 0.05) is 20.1 Å². The van der Waals surface area contributed by atoms with Crippen molar-refractivity contribution in [1.29, 1.82) is 0 Å². The number of para-hydroxylation sites is 1. The Morgan fingerprint density at radius 3 is 2.43 bits per heavy atom. The summed E-state index contributed by atoms with van der Waals surface area (Å²) in [6, 6.07) is 17.7. The molecular weight excluding hydrogens is 396 g/mol. The summed E-state index contributed by atoms with van der Waals surface area (Å²) in [4.78, 5) is 15.4. The molecule has 0 radical (unpaired) electrons. The molecule has 1 aromatic heterocycles. The topological polar surface area (TPSA) is 60.3 Å². The highest BCUT2D eigenvalue weighted by atomic mass is 32.2. The fourth-order valence-corrected chi connectivity index (χ4v) is 4.84. The molecule has 156 valence electrons. The first kappa shape index (κ1) is 20.5. The second-order valence-electron chi connectivity index (χ2n) is 7.36. The van der Waals surface area contributed by atoms with Crippen LogP contribution in [0.4, 0.5) is 0 Å². The molecule has 0 aliphatic carbocycles. The molecule has 6 nitrogen and oxygen atoms in total. The number of nitrogens with zero attached hydrogens (tertiary/aromatic N) is 4. The van der Waals surface area contributed by atoms with Gasteiger partial charge in [-0.05, 0) is 37.0 Å². The summed E-state index contributed by atoms with van der Waals surface area (Å²) < 4.78 is 7.42. The number of piperidine rings is 1. The molecule has 0 N–H and O–H groups in total. The highest BCUT2D eigenvalue weighted by Gasteiger charge is 2.30. The first-order valence-corrected chi connectivity index (χ1v) is 11.1. The zero-order chi connectivity index (χ0) is 20.9. The quantitative estimate of drug-likeness (QED) is 0.553. The van der Waals surface area contributed by atoms with Gasteiger partial charge in [-0.25, -0.2) is 0 Å². The Bertz CT molecular complexity index is 999. The van der Waals surface area contributed by atoms with E-state index in [0.29, 0.717) is 11.0 Å².